The second-order valence-electron chi connectivity index (χ2n) is 15.8. The van der Waals surface area contributed by atoms with Crippen LogP contribution in [0.3, 0.4) is 0 Å². The molecule has 0 aliphatic rings. The van der Waals surface area contributed by atoms with Crippen molar-refractivity contribution in [3.05, 3.63) is 0 Å². The second kappa shape index (κ2) is 39.5. The van der Waals surface area contributed by atoms with Gasteiger partial charge in [-0.25, -0.2) is 0 Å². The average Bonchev–Trinajstić information content (AvgIpc) is 3.10. The molecule has 0 aromatic rings. The van der Waals surface area contributed by atoms with Gasteiger partial charge in [-0.2, -0.15) is 8.42 Å². The van der Waals surface area contributed by atoms with E-state index >= 15 is 0 Å². The van der Waals surface area contributed by atoms with Gasteiger partial charge in [-0.1, -0.05) is 239 Å². The maximum atomic E-state index is 12.5. The second-order valence-corrected chi connectivity index (χ2v) is 16.8. The fourth-order valence-corrected chi connectivity index (χ4v) is 7.56. The van der Waals surface area contributed by atoms with E-state index in [1.165, 1.54) is 186 Å². The van der Waals surface area contributed by atoms with Gasteiger partial charge in [0, 0.05) is 0 Å². The topological polar surface area (TPSA) is 107 Å². The molecule has 7 nitrogen and oxygen atoms in total. The van der Waals surface area contributed by atoms with E-state index in [0.717, 1.165) is 38.5 Å². The van der Waals surface area contributed by atoms with E-state index in [-0.39, 0.29) is 6.42 Å². The highest BCUT2D eigenvalue weighted by Crippen LogP contribution is 2.20. The van der Waals surface area contributed by atoms with E-state index in [0.29, 0.717) is 19.4 Å². The van der Waals surface area contributed by atoms with Gasteiger partial charge in [0.2, 0.25) is 0 Å². The quantitative estimate of drug-likeness (QED) is 0.0375. The normalized spacial score (nSPS) is 12.3. The zero-order chi connectivity index (χ0) is 38.2. The Labute approximate surface area is 323 Å². The Morgan fingerprint density at radius 1 is 0.442 bits per heavy atom. The highest BCUT2D eigenvalue weighted by Gasteiger charge is 2.27. The lowest BCUT2D eigenvalue weighted by Gasteiger charge is -2.14. The lowest BCUT2D eigenvalue weighted by molar-refractivity contribution is -0.150. The number of unbranched alkanes of at least 4 members (excludes halogenated alkanes) is 34. The van der Waals surface area contributed by atoms with Crippen LogP contribution in [0.25, 0.3) is 0 Å². The Morgan fingerprint density at radius 2 is 0.712 bits per heavy atom. The standard InChI is InChI=1S/C44H86O7S/c1-3-5-7-9-11-13-15-17-19-21-23-25-27-29-31-33-35-37-39-42(44(46)51-52(47,48)49)41-43(45)50-40-38-36-34-32-30-28-26-24-22-20-18-16-14-12-10-8-6-4-2/h42H,3-41H2,1-2H3,(H,47,48,49). The van der Waals surface area contributed by atoms with Crippen LogP contribution in [0, 0.1) is 5.92 Å². The first-order chi connectivity index (χ1) is 25.3. The SMILES string of the molecule is CCCCCCCCCCCCCCCCCCCCOC(=O)CC(CCCCCCCCCCCCCCCCCCCC)C(=O)OS(=O)(=O)O. The summed E-state index contributed by atoms with van der Waals surface area (Å²) in [6, 6.07) is 0. The van der Waals surface area contributed by atoms with Crippen LogP contribution in [0.2, 0.25) is 0 Å². The summed E-state index contributed by atoms with van der Waals surface area (Å²) in [5.41, 5.74) is 0. The number of carbonyl (C=O) groups is 2. The molecule has 1 unspecified atom stereocenters. The smallest absolute Gasteiger partial charge is 0.448 e. The van der Waals surface area contributed by atoms with E-state index in [1.807, 2.05) is 0 Å². The zero-order valence-electron chi connectivity index (χ0n) is 34.5. The van der Waals surface area contributed by atoms with Crippen molar-refractivity contribution in [3.63, 3.8) is 0 Å². The third kappa shape index (κ3) is 40.0. The van der Waals surface area contributed by atoms with Crippen molar-refractivity contribution < 1.29 is 31.5 Å². The molecule has 0 aromatic heterocycles. The lowest BCUT2D eigenvalue weighted by Crippen LogP contribution is -2.24. The van der Waals surface area contributed by atoms with Gasteiger partial charge in [0.25, 0.3) is 0 Å². The molecule has 310 valence electrons. The van der Waals surface area contributed by atoms with Crippen molar-refractivity contribution in [1.82, 2.24) is 0 Å². The van der Waals surface area contributed by atoms with E-state index < -0.39 is 28.3 Å². The Balaban J connectivity index is 3.83. The maximum absolute atomic E-state index is 12.5. The third-order valence-corrected chi connectivity index (χ3v) is 11.0. The minimum Gasteiger partial charge on any atom is -0.466 e. The Hall–Kier alpha value is -1.15. The minimum atomic E-state index is -4.92. The molecule has 0 amide bonds. The van der Waals surface area contributed by atoms with Crippen LogP contribution in [0.15, 0.2) is 0 Å². The van der Waals surface area contributed by atoms with Crippen LogP contribution in [0.5, 0.6) is 0 Å². The Morgan fingerprint density at radius 3 is 1.00 bits per heavy atom. The van der Waals surface area contributed by atoms with Crippen LogP contribution >= 0.6 is 0 Å². The van der Waals surface area contributed by atoms with Crippen molar-refractivity contribution in [2.24, 2.45) is 5.92 Å². The molecule has 52 heavy (non-hydrogen) atoms. The molecule has 0 saturated carbocycles. The fraction of sp³-hybridized carbons (Fsp3) is 0.955. The van der Waals surface area contributed by atoms with E-state index in [9.17, 15) is 18.0 Å². The zero-order valence-corrected chi connectivity index (χ0v) is 35.3. The molecular formula is C44H86O7S. The molecule has 0 fully saturated rings. The summed E-state index contributed by atoms with van der Waals surface area (Å²) < 4.78 is 40.8. The predicted molar refractivity (Wildman–Crippen MR) is 219 cm³/mol. The summed E-state index contributed by atoms with van der Waals surface area (Å²) in [4.78, 5) is 24.8. The largest absolute Gasteiger partial charge is 0.466 e. The highest BCUT2D eigenvalue weighted by molar-refractivity contribution is 7.81. The molecule has 0 aromatic carbocycles. The molecule has 0 radical (unpaired) electrons. The van der Waals surface area contributed by atoms with Crippen LogP contribution in [0.4, 0.5) is 0 Å². The first kappa shape index (κ1) is 50.9. The Kier molecular flexibility index (Phi) is 38.7. The van der Waals surface area contributed by atoms with E-state index in [4.69, 9.17) is 9.29 Å². The summed E-state index contributed by atoms with van der Waals surface area (Å²) in [7, 11) is -4.92. The van der Waals surface area contributed by atoms with Gasteiger partial charge in [-0.15, -0.1) is 0 Å². The summed E-state index contributed by atoms with van der Waals surface area (Å²) in [6.07, 6.45) is 46.0. The minimum absolute atomic E-state index is 0.230. The highest BCUT2D eigenvalue weighted by atomic mass is 32.3. The number of hydrogen-bond acceptors (Lipinski definition) is 6. The van der Waals surface area contributed by atoms with Gasteiger partial charge in [0.1, 0.15) is 0 Å². The van der Waals surface area contributed by atoms with Crippen molar-refractivity contribution in [2.45, 2.75) is 258 Å². The van der Waals surface area contributed by atoms with Gasteiger partial charge >= 0.3 is 22.3 Å². The molecule has 1 N–H and O–H groups in total. The van der Waals surface area contributed by atoms with E-state index in [1.54, 1.807) is 0 Å². The molecule has 0 saturated heterocycles. The Bertz CT molecular complexity index is 876. The first-order valence-corrected chi connectivity index (χ1v) is 24.0. The van der Waals surface area contributed by atoms with Crippen molar-refractivity contribution in [3.8, 4) is 0 Å². The van der Waals surface area contributed by atoms with Crippen molar-refractivity contribution in [1.29, 1.82) is 0 Å². The molecule has 8 heteroatoms. The summed E-state index contributed by atoms with van der Waals surface area (Å²) in [5.74, 6) is -2.54. The monoisotopic (exact) mass is 759 g/mol. The molecule has 0 bridgehead atoms. The average molecular weight is 759 g/mol. The van der Waals surface area contributed by atoms with Gasteiger partial charge < -0.3 is 8.92 Å². The molecule has 1 atom stereocenters. The summed E-state index contributed by atoms with van der Waals surface area (Å²) >= 11 is 0. The number of hydrogen-bond donors (Lipinski definition) is 1. The maximum Gasteiger partial charge on any atom is 0.448 e. The van der Waals surface area contributed by atoms with Gasteiger partial charge in [-0.3, -0.25) is 14.1 Å². The third-order valence-electron chi connectivity index (χ3n) is 10.6. The van der Waals surface area contributed by atoms with Crippen LogP contribution < -0.4 is 0 Å². The molecule has 0 aliphatic carbocycles. The summed E-state index contributed by atoms with van der Waals surface area (Å²) in [6.45, 7) is 4.84. The molecule has 0 spiro atoms. The molecule has 0 heterocycles. The van der Waals surface area contributed by atoms with Gasteiger partial charge in [-0.05, 0) is 12.8 Å². The van der Waals surface area contributed by atoms with Gasteiger partial charge in [0.05, 0.1) is 18.9 Å². The molecular weight excluding hydrogens is 673 g/mol. The van der Waals surface area contributed by atoms with E-state index in [2.05, 4.69) is 18.0 Å². The van der Waals surface area contributed by atoms with Gasteiger partial charge in [0.15, 0.2) is 0 Å². The van der Waals surface area contributed by atoms with Crippen LogP contribution in [0.1, 0.15) is 258 Å². The fourth-order valence-electron chi connectivity index (χ4n) is 7.22. The molecule has 0 rings (SSSR count). The lowest BCUT2D eigenvalue weighted by atomic mass is 9.97. The summed E-state index contributed by atoms with van der Waals surface area (Å²) in [5, 5.41) is 0. The van der Waals surface area contributed by atoms with Crippen LogP contribution in [-0.4, -0.2) is 31.5 Å². The molecule has 0 aliphatic heterocycles. The van der Waals surface area contributed by atoms with Crippen molar-refractivity contribution >= 4 is 22.3 Å². The number of carbonyl (C=O) groups excluding carboxylic acids is 2. The number of esters is 1. The van der Waals surface area contributed by atoms with Crippen LogP contribution in [-0.2, 0) is 28.9 Å². The predicted octanol–water partition coefficient (Wildman–Crippen LogP) is 14.4. The van der Waals surface area contributed by atoms with Crippen molar-refractivity contribution in [2.75, 3.05) is 6.61 Å². The number of rotatable bonds is 42. The first-order valence-electron chi connectivity index (χ1n) is 22.7. The number of ether oxygens (including phenoxy) is 1.